The first-order chi connectivity index (χ1) is 11.1. The number of halogens is 1. The van der Waals surface area contributed by atoms with Crippen LogP contribution in [0, 0.1) is 11.7 Å². The third-order valence-electron chi connectivity index (χ3n) is 5.77. The van der Waals surface area contributed by atoms with Crippen LogP contribution in [0.1, 0.15) is 43.6 Å². The number of likely N-dealkylation sites (tertiary alicyclic amines) is 1. The van der Waals surface area contributed by atoms with Crippen molar-refractivity contribution in [3.8, 4) is 5.75 Å². The number of benzene rings is 1. The highest BCUT2D eigenvalue weighted by Crippen LogP contribution is 2.44. The number of piperidine rings is 1. The lowest BCUT2D eigenvalue weighted by atomic mass is 9.86. The summed E-state index contributed by atoms with van der Waals surface area (Å²) in [5.74, 6) is 0.258. The molecule has 2 N–H and O–H groups in total. The molecule has 2 fully saturated rings. The summed E-state index contributed by atoms with van der Waals surface area (Å²) in [4.78, 5) is 14.9. The van der Waals surface area contributed by atoms with Gasteiger partial charge in [-0.05, 0) is 44.1 Å². The van der Waals surface area contributed by atoms with Crippen molar-refractivity contribution < 1.29 is 13.9 Å². The summed E-state index contributed by atoms with van der Waals surface area (Å²) >= 11 is 0. The fourth-order valence-electron chi connectivity index (χ4n) is 4.09. The van der Waals surface area contributed by atoms with Crippen LogP contribution in [-0.2, 0) is 4.79 Å². The molecule has 0 spiro atoms. The molecule has 2 aliphatic heterocycles. The highest BCUT2D eigenvalue weighted by atomic mass is 19.1. The first-order valence-electron chi connectivity index (χ1n) is 8.57. The van der Waals surface area contributed by atoms with E-state index in [1.54, 1.807) is 6.07 Å². The minimum atomic E-state index is -0.377. The predicted octanol–water partition coefficient (Wildman–Crippen LogP) is 2.42. The molecule has 1 aromatic carbocycles. The van der Waals surface area contributed by atoms with Crippen molar-refractivity contribution in [1.29, 1.82) is 0 Å². The number of nitrogens with zero attached hydrogens (tertiary/aromatic N) is 1. The summed E-state index contributed by atoms with van der Waals surface area (Å²) in [5, 5.41) is 0. The molecule has 1 saturated heterocycles. The lowest BCUT2D eigenvalue weighted by Gasteiger charge is -2.37. The van der Waals surface area contributed by atoms with Crippen LogP contribution in [0.2, 0.25) is 0 Å². The fraction of sp³-hybridized carbons (Fsp3) is 0.611. The number of para-hydroxylation sites is 1. The van der Waals surface area contributed by atoms with Gasteiger partial charge >= 0.3 is 0 Å². The van der Waals surface area contributed by atoms with Gasteiger partial charge in [0, 0.05) is 24.2 Å². The number of carbonyl (C=O) groups is 1. The second-order valence-electron chi connectivity index (χ2n) is 7.18. The molecule has 1 aliphatic carbocycles. The number of hydrogen-bond acceptors (Lipinski definition) is 3. The number of rotatable bonds is 2. The molecular weight excluding hydrogens is 295 g/mol. The van der Waals surface area contributed by atoms with Gasteiger partial charge in [-0.25, -0.2) is 4.39 Å². The molecule has 4 nitrogen and oxygen atoms in total. The van der Waals surface area contributed by atoms with Crippen LogP contribution >= 0.6 is 0 Å². The number of carbonyl (C=O) groups excluding carboxylic acids is 1. The molecule has 0 bridgehead atoms. The molecule has 1 saturated carbocycles. The number of amides is 1. The third kappa shape index (κ3) is 2.61. The van der Waals surface area contributed by atoms with E-state index in [1.807, 2.05) is 11.0 Å². The normalized spacial score (nSPS) is 26.3. The molecule has 4 rings (SSSR count). The third-order valence-corrected chi connectivity index (χ3v) is 5.77. The summed E-state index contributed by atoms with van der Waals surface area (Å²) in [5.41, 5.74) is 7.04. The van der Waals surface area contributed by atoms with Gasteiger partial charge in [-0.15, -0.1) is 0 Å². The van der Waals surface area contributed by atoms with Crippen LogP contribution in [0.25, 0.3) is 0 Å². The Morgan fingerprint density at radius 2 is 2.00 bits per heavy atom. The molecule has 124 valence electrons. The second-order valence-corrected chi connectivity index (χ2v) is 7.18. The highest BCUT2D eigenvalue weighted by Gasteiger charge is 2.47. The lowest BCUT2D eigenvalue weighted by molar-refractivity contribution is -0.135. The average Bonchev–Trinajstić information content (AvgIpc) is 3.33. The quantitative estimate of drug-likeness (QED) is 0.911. The number of ether oxygens (including phenoxy) is 1. The minimum absolute atomic E-state index is 0.0452. The topological polar surface area (TPSA) is 55.6 Å². The van der Waals surface area contributed by atoms with Crippen molar-refractivity contribution >= 4 is 5.91 Å². The Balaban J connectivity index is 1.47. The van der Waals surface area contributed by atoms with E-state index in [2.05, 4.69) is 0 Å². The van der Waals surface area contributed by atoms with Crippen LogP contribution in [0.3, 0.4) is 0 Å². The van der Waals surface area contributed by atoms with E-state index in [0.717, 1.165) is 38.8 Å². The van der Waals surface area contributed by atoms with Crippen LogP contribution in [0.5, 0.6) is 5.75 Å². The Hall–Kier alpha value is -1.62. The van der Waals surface area contributed by atoms with E-state index in [9.17, 15) is 9.18 Å². The summed E-state index contributed by atoms with van der Waals surface area (Å²) in [6.45, 7) is 1.93. The maximum Gasteiger partial charge on any atom is 0.230 e. The van der Waals surface area contributed by atoms with Gasteiger partial charge in [0.1, 0.15) is 0 Å². The van der Waals surface area contributed by atoms with Gasteiger partial charge in [0.25, 0.3) is 0 Å². The summed E-state index contributed by atoms with van der Waals surface area (Å²) < 4.78 is 19.3. The minimum Gasteiger partial charge on any atom is -0.490 e. The van der Waals surface area contributed by atoms with Crippen molar-refractivity contribution in [2.45, 2.75) is 43.6 Å². The first-order valence-corrected chi connectivity index (χ1v) is 8.57. The van der Waals surface area contributed by atoms with Gasteiger partial charge in [0.2, 0.25) is 5.91 Å². The van der Waals surface area contributed by atoms with Crippen LogP contribution < -0.4 is 10.5 Å². The molecular formula is C18H23FN2O2. The molecule has 2 heterocycles. The fourth-order valence-corrected chi connectivity index (χ4v) is 4.09. The van der Waals surface area contributed by atoms with Gasteiger partial charge in [-0.3, -0.25) is 4.79 Å². The zero-order chi connectivity index (χ0) is 16.0. The van der Waals surface area contributed by atoms with E-state index in [1.165, 1.54) is 6.07 Å². The monoisotopic (exact) mass is 318 g/mol. The molecule has 0 radical (unpaired) electrons. The summed E-state index contributed by atoms with van der Waals surface area (Å²) in [7, 11) is 0. The van der Waals surface area contributed by atoms with Gasteiger partial charge < -0.3 is 15.4 Å². The number of nitrogens with two attached hydrogens (primary N) is 1. The number of hydrogen-bond donors (Lipinski definition) is 1. The van der Waals surface area contributed by atoms with Crippen molar-refractivity contribution in [2.24, 2.45) is 11.7 Å². The van der Waals surface area contributed by atoms with E-state index < -0.39 is 0 Å². The molecule has 23 heavy (non-hydrogen) atoms. The molecule has 5 heteroatoms. The summed E-state index contributed by atoms with van der Waals surface area (Å²) in [6, 6.07) is 4.85. The molecule has 1 atom stereocenters. The summed E-state index contributed by atoms with van der Waals surface area (Å²) in [6.07, 6.45) is 4.84. The Morgan fingerprint density at radius 1 is 1.26 bits per heavy atom. The molecule has 1 amide bonds. The smallest absolute Gasteiger partial charge is 0.230 e. The number of fused-ring (bicyclic) bond motifs is 1. The largest absolute Gasteiger partial charge is 0.490 e. The van der Waals surface area contributed by atoms with Crippen molar-refractivity contribution in [1.82, 2.24) is 4.90 Å². The Bertz CT molecular complexity index is 621. The Kier molecular flexibility index (Phi) is 3.56. The van der Waals surface area contributed by atoms with Gasteiger partial charge in [0.05, 0.1) is 12.5 Å². The maximum absolute atomic E-state index is 13.9. The highest BCUT2D eigenvalue weighted by molar-refractivity contribution is 5.85. The standard InChI is InChI=1S/C18H23FN2O2/c19-15-3-1-2-13-14(6-11-23-16(13)15)17(22)21-9-4-12(5-10-21)18(20)7-8-18/h1-3,12,14H,4-11,20H2. The van der Waals surface area contributed by atoms with E-state index in [4.69, 9.17) is 10.5 Å². The zero-order valence-corrected chi connectivity index (χ0v) is 13.3. The van der Waals surface area contributed by atoms with E-state index in [-0.39, 0.29) is 28.9 Å². The van der Waals surface area contributed by atoms with Gasteiger partial charge in [-0.1, -0.05) is 12.1 Å². The van der Waals surface area contributed by atoms with E-state index >= 15 is 0 Å². The Morgan fingerprint density at radius 3 is 2.70 bits per heavy atom. The van der Waals surface area contributed by atoms with Gasteiger partial charge in [-0.2, -0.15) is 0 Å². The van der Waals surface area contributed by atoms with Crippen molar-refractivity contribution in [3.05, 3.63) is 29.6 Å². The van der Waals surface area contributed by atoms with Crippen molar-refractivity contribution in [2.75, 3.05) is 19.7 Å². The predicted molar refractivity (Wildman–Crippen MR) is 84.7 cm³/mol. The first kappa shape index (κ1) is 14.9. The van der Waals surface area contributed by atoms with Crippen LogP contribution in [-0.4, -0.2) is 36.0 Å². The zero-order valence-electron chi connectivity index (χ0n) is 13.3. The second kappa shape index (κ2) is 5.48. The van der Waals surface area contributed by atoms with Crippen LogP contribution in [0.4, 0.5) is 4.39 Å². The SMILES string of the molecule is NC1(C2CCN(C(=O)C3CCOc4c(F)cccc43)CC2)CC1. The van der Waals surface area contributed by atoms with E-state index in [0.29, 0.717) is 24.5 Å². The van der Waals surface area contributed by atoms with Crippen molar-refractivity contribution in [3.63, 3.8) is 0 Å². The average molecular weight is 318 g/mol. The molecule has 1 unspecified atom stereocenters. The Labute approximate surface area is 135 Å². The van der Waals surface area contributed by atoms with Gasteiger partial charge in [0.15, 0.2) is 11.6 Å². The molecule has 3 aliphatic rings. The maximum atomic E-state index is 13.9. The van der Waals surface area contributed by atoms with Crippen LogP contribution in [0.15, 0.2) is 18.2 Å². The molecule has 1 aromatic rings. The lowest BCUT2D eigenvalue weighted by Crippen LogP contribution is -2.46. The molecule has 0 aromatic heterocycles.